The van der Waals surface area contributed by atoms with Crippen molar-refractivity contribution in [1.82, 2.24) is 14.8 Å². The summed E-state index contributed by atoms with van der Waals surface area (Å²) in [6.45, 7) is 3.11. The SMILES string of the molecule is CCOC(=O)N1CCN(C(=O)C(CCC(N)=O)c2nc3ccccc3c(OC)c2C(N)=O)CC1. The van der Waals surface area contributed by atoms with E-state index in [1.165, 1.54) is 12.0 Å². The molecule has 0 spiro atoms. The van der Waals surface area contributed by atoms with Gasteiger partial charge >= 0.3 is 6.09 Å². The smallest absolute Gasteiger partial charge is 0.409 e. The number of hydrogen-bond donors (Lipinski definition) is 2. The first-order valence-electron chi connectivity index (χ1n) is 11.0. The maximum atomic E-state index is 13.6. The summed E-state index contributed by atoms with van der Waals surface area (Å²) in [7, 11) is 1.41. The van der Waals surface area contributed by atoms with E-state index in [2.05, 4.69) is 4.98 Å². The molecule has 4 N–H and O–H groups in total. The largest absolute Gasteiger partial charge is 0.495 e. The van der Waals surface area contributed by atoms with Crippen molar-refractivity contribution in [2.75, 3.05) is 39.9 Å². The molecule has 0 radical (unpaired) electrons. The second kappa shape index (κ2) is 10.8. The lowest BCUT2D eigenvalue weighted by Gasteiger charge is -2.36. The number of carbonyl (C=O) groups excluding carboxylic acids is 4. The van der Waals surface area contributed by atoms with Crippen LogP contribution in [0.1, 0.15) is 41.7 Å². The van der Waals surface area contributed by atoms with Crippen molar-refractivity contribution in [3.8, 4) is 5.75 Å². The van der Waals surface area contributed by atoms with Crippen molar-refractivity contribution in [2.45, 2.75) is 25.7 Å². The molecule has 182 valence electrons. The first kappa shape index (κ1) is 24.7. The van der Waals surface area contributed by atoms with E-state index in [0.29, 0.717) is 24.0 Å². The van der Waals surface area contributed by atoms with Crippen molar-refractivity contribution in [1.29, 1.82) is 0 Å². The Balaban J connectivity index is 2.00. The maximum Gasteiger partial charge on any atom is 0.409 e. The zero-order valence-electron chi connectivity index (χ0n) is 19.3. The molecular formula is C23H29N5O6. The lowest BCUT2D eigenvalue weighted by Crippen LogP contribution is -2.52. The van der Waals surface area contributed by atoms with Crippen LogP contribution >= 0.6 is 0 Å². The molecule has 34 heavy (non-hydrogen) atoms. The summed E-state index contributed by atoms with van der Waals surface area (Å²) < 4.78 is 10.5. The molecule has 1 aliphatic heterocycles. The van der Waals surface area contributed by atoms with Crippen LogP contribution in [-0.4, -0.2) is 78.5 Å². The number of primary amides is 2. The van der Waals surface area contributed by atoms with Gasteiger partial charge in [-0.25, -0.2) is 4.79 Å². The van der Waals surface area contributed by atoms with Gasteiger partial charge in [-0.3, -0.25) is 19.4 Å². The first-order valence-corrected chi connectivity index (χ1v) is 11.0. The maximum absolute atomic E-state index is 13.6. The summed E-state index contributed by atoms with van der Waals surface area (Å²) in [5, 5.41) is 0.576. The van der Waals surface area contributed by atoms with Gasteiger partial charge in [0.25, 0.3) is 5.91 Å². The van der Waals surface area contributed by atoms with Gasteiger partial charge in [-0.2, -0.15) is 0 Å². The molecule has 11 nitrogen and oxygen atoms in total. The quantitative estimate of drug-likeness (QED) is 0.581. The first-order chi connectivity index (χ1) is 16.3. The number of rotatable bonds is 8. The number of para-hydroxylation sites is 1. The number of methoxy groups -OCH3 is 1. The third kappa shape index (κ3) is 5.19. The van der Waals surface area contributed by atoms with E-state index in [0.717, 1.165) is 0 Å². The van der Waals surface area contributed by atoms with Crippen LogP contribution in [0.4, 0.5) is 4.79 Å². The molecule has 2 aromatic rings. The van der Waals surface area contributed by atoms with E-state index in [1.807, 2.05) is 0 Å². The summed E-state index contributed by atoms with van der Waals surface area (Å²) in [4.78, 5) is 57.4. The lowest BCUT2D eigenvalue weighted by atomic mass is 9.91. The highest BCUT2D eigenvalue weighted by Gasteiger charge is 2.35. The Kier molecular flexibility index (Phi) is 7.87. The standard InChI is InChI=1S/C23H29N5O6/c1-3-34-23(32)28-12-10-27(11-13-28)22(31)15(8-9-17(24)29)19-18(21(25)30)20(33-2)14-6-4-5-7-16(14)26-19/h4-7,15H,3,8-13H2,1-2H3,(H2,24,29)(H2,25,30). The number of aromatic nitrogens is 1. The highest BCUT2D eigenvalue weighted by molar-refractivity contribution is 6.04. The van der Waals surface area contributed by atoms with Crippen LogP contribution in [-0.2, 0) is 14.3 Å². The number of pyridine rings is 1. The van der Waals surface area contributed by atoms with Gasteiger partial charge in [-0.1, -0.05) is 12.1 Å². The number of piperazine rings is 1. The highest BCUT2D eigenvalue weighted by atomic mass is 16.6. The van der Waals surface area contributed by atoms with Crippen LogP contribution in [0.15, 0.2) is 24.3 Å². The zero-order valence-corrected chi connectivity index (χ0v) is 19.3. The van der Waals surface area contributed by atoms with Crippen LogP contribution in [0.5, 0.6) is 5.75 Å². The fourth-order valence-electron chi connectivity index (χ4n) is 4.11. The van der Waals surface area contributed by atoms with E-state index in [1.54, 1.807) is 36.1 Å². The Morgan fingerprint density at radius 1 is 1.06 bits per heavy atom. The monoisotopic (exact) mass is 471 g/mol. The average molecular weight is 472 g/mol. The van der Waals surface area contributed by atoms with E-state index >= 15 is 0 Å². The number of benzene rings is 1. The summed E-state index contributed by atoms with van der Waals surface area (Å²) in [5.74, 6) is -2.45. The Morgan fingerprint density at radius 2 is 1.71 bits per heavy atom. The molecule has 4 amide bonds. The van der Waals surface area contributed by atoms with Gasteiger partial charge in [0.2, 0.25) is 11.8 Å². The average Bonchev–Trinajstić information content (AvgIpc) is 2.83. The molecule has 0 saturated carbocycles. The summed E-state index contributed by atoms with van der Waals surface area (Å²) >= 11 is 0. The van der Waals surface area contributed by atoms with Gasteiger partial charge in [-0.15, -0.1) is 0 Å². The van der Waals surface area contributed by atoms with E-state index in [4.69, 9.17) is 20.9 Å². The molecule has 11 heteroatoms. The number of carbonyl (C=O) groups is 4. The molecule has 0 aliphatic carbocycles. The van der Waals surface area contributed by atoms with Crippen LogP contribution in [0, 0.1) is 0 Å². The zero-order chi connectivity index (χ0) is 24.8. The van der Waals surface area contributed by atoms with Crippen LogP contribution in [0.3, 0.4) is 0 Å². The number of amides is 4. The molecule has 1 fully saturated rings. The van der Waals surface area contributed by atoms with Crippen molar-refractivity contribution < 1.29 is 28.7 Å². The number of fused-ring (bicyclic) bond motifs is 1. The highest BCUT2D eigenvalue weighted by Crippen LogP contribution is 2.36. The Hall–Kier alpha value is -3.89. The second-order valence-corrected chi connectivity index (χ2v) is 7.86. The van der Waals surface area contributed by atoms with E-state index in [-0.39, 0.29) is 55.5 Å². The van der Waals surface area contributed by atoms with Crippen LogP contribution in [0.25, 0.3) is 10.9 Å². The normalized spacial score (nSPS) is 14.5. The molecule has 1 saturated heterocycles. The number of nitrogens with zero attached hydrogens (tertiary/aromatic N) is 3. The Labute approximate surface area is 197 Å². The lowest BCUT2D eigenvalue weighted by molar-refractivity contribution is -0.134. The third-order valence-electron chi connectivity index (χ3n) is 5.75. The van der Waals surface area contributed by atoms with Crippen molar-refractivity contribution in [2.24, 2.45) is 11.5 Å². The molecule has 3 rings (SSSR count). The topological polar surface area (TPSA) is 158 Å². The van der Waals surface area contributed by atoms with Gasteiger partial charge < -0.3 is 30.7 Å². The molecule has 1 aromatic heterocycles. The molecule has 0 bridgehead atoms. The van der Waals surface area contributed by atoms with Gasteiger partial charge in [-0.05, 0) is 25.5 Å². The van der Waals surface area contributed by atoms with Crippen molar-refractivity contribution >= 4 is 34.7 Å². The fourth-order valence-corrected chi connectivity index (χ4v) is 4.11. The van der Waals surface area contributed by atoms with E-state index < -0.39 is 23.8 Å². The third-order valence-corrected chi connectivity index (χ3v) is 5.75. The van der Waals surface area contributed by atoms with Gasteiger partial charge in [0, 0.05) is 38.0 Å². The predicted octanol–water partition coefficient (Wildman–Crippen LogP) is 0.992. The minimum atomic E-state index is -0.956. The molecule has 1 unspecified atom stereocenters. The van der Waals surface area contributed by atoms with Gasteiger partial charge in [0.15, 0.2) is 0 Å². The second-order valence-electron chi connectivity index (χ2n) is 7.86. The van der Waals surface area contributed by atoms with Gasteiger partial charge in [0.1, 0.15) is 11.3 Å². The molecule has 1 aromatic carbocycles. The summed E-state index contributed by atoms with van der Waals surface area (Å²) in [6.07, 6.45) is -0.480. The molecular weight excluding hydrogens is 442 g/mol. The predicted molar refractivity (Wildman–Crippen MR) is 123 cm³/mol. The van der Waals surface area contributed by atoms with Crippen LogP contribution < -0.4 is 16.2 Å². The fraction of sp³-hybridized carbons (Fsp3) is 0.435. The van der Waals surface area contributed by atoms with E-state index in [9.17, 15) is 19.2 Å². The summed E-state index contributed by atoms with van der Waals surface area (Å²) in [6, 6.07) is 7.03. The molecule has 1 atom stereocenters. The van der Waals surface area contributed by atoms with Crippen molar-refractivity contribution in [3.05, 3.63) is 35.5 Å². The minimum absolute atomic E-state index is 0.00539. The number of ether oxygens (including phenoxy) is 2. The van der Waals surface area contributed by atoms with Crippen LogP contribution in [0.2, 0.25) is 0 Å². The van der Waals surface area contributed by atoms with Gasteiger partial charge in [0.05, 0.1) is 30.8 Å². The summed E-state index contributed by atoms with van der Waals surface area (Å²) in [5.41, 5.74) is 11.7. The Morgan fingerprint density at radius 3 is 2.29 bits per heavy atom. The minimum Gasteiger partial charge on any atom is -0.495 e. The Bertz CT molecular complexity index is 1100. The van der Waals surface area contributed by atoms with Crippen molar-refractivity contribution in [3.63, 3.8) is 0 Å². The number of hydrogen-bond acceptors (Lipinski definition) is 7. The number of nitrogens with two attached hydrogens (primary N) is 2. The molecule has 2 heterocycles. The molecule has 1 aliphatic rings.